The molecule has 0 amide bonds. The lowest BCUT2D eigenvalue weighted by Gasteiger charge is -2.02. The van der Waals surface area contributed by atoms with E-state index >= 15 is 0 Å². The third-order valence-corrected chi connectivity index (χ3v) is 3.81. The highest BCUT2D eigenvalue weighted by Gasteiger charge is 2.11. The van der Waals surface area contributed by atoms with E-state index in [1.54, 1.807) is 24.8 Å². The Morgan fingerprint density at radius 3 is 2.50 bits per heavy atom. The summed E-state index contributed by atoms with van der Waals surface area (Å²) in [5.41, 5.74) is 3.48. The minimum atomic E-state index is -0.374. The van der Waals surface area contributed by atoms with E-state index in [0.717, 1.165) is 28.3 Å². The molecule has 2 aromatic carbocycles. The van der Waals surface area contributed by atoms with Gasteiger partial charge < -0.3 is 9.47 Å². The van der Waals surface area contributed by atoms with Crippen LogP contribution in [0.5, 0.6) is 5.75 Å². The third kappa shape index (κ3) is 4.00. The molecule has 0 spiro atoms. The number of benzene rings is 2. The van der Waals surface area contributed by atoms with Crippen LogP contribution in [-0.4, -0.2) is 29.5 Å². The molecule has 0 aliphatic rings. The maximum Gasteiger partial charge on any atom is 0.330 e. The van der Waals surface area contributed by atoms with Gasteiger partial charge in [0.1, 0.15) is 5.75 Å². The minimum absolute atomic E-state index is 0.345. The van der Waals surface area contributed by atoms with Gasteiger partial charge in [0.2, 0.25) is 0 Å². The molecule has 3 aromatic rings. The summed E-state index contributed by atoms with van der Waals surface area (Å²) in [6.45, 7) is 2.12. The molecule has 0 unspecified atom stereocenters. The molecule has 0 aliphatic carbocycles. The Bertz CT molecular complexity index is 897. The zero-order valence-corrected chi connectivity index (χ0v) is 14.8. The lowest BCUT2D eigenvalue weighted by Crippen LogP contribution is -1.98. The summed E-state index contributed by atoms with van der Waals surface area (Å²) in [5.74, 6) is 0.403. The number of para-hydroxylation sites is 1. The molecule has 0 aliphatic heterocycles. The number of ether oxygens (including phenoxy) is 2. The van der Waals surface area contributed by atoms with Crippen LogP contribution < -0.4 is 4.74 Å². The summed E-state index contributed by atoms with van der Waals surface area (Å²) in [5, 5.41) is 4.70. The molecule has 3 rings (SSSR count). The van der Waals surface area contributed by atoms with Gasteiger partial charge in [0.05, 0.1) is 25.1 Å². The van der Waals surface area contributed by atoms with Gasteiger partial charge in [0.15, 0.2) is 0 Å². The Balaban J connectivity index is 2.02. The van der Waals surface area contributed by atoms with E-state index in [0.29, 0.717) is 6.61 Å². The fourth-order valence-electron chi connectivity index (χ4n) is 2.54. The number of rotatable bonds is 6. The second-order valence-electron chi connectivity index (χ2n) is 5.53. The smallest absolute Gasteiger partial charge is 0.330 e. The summed E-state index contributed by atoms with van der Waals surface area (Å²) in [4.78, 5) is 11.7. The van der Waals surface area contributed by atoms with Gasteiger partial charge in [-0.3, -0.25) is 0 Å². The number of nitrogens with zero attached hydrogens (tertiary/aromatic N) is 2. The first-order chi connectivity index (χ1) is 12.7. The van der Waals surface area contributed by atoms with E-state index in [4.69, 9.17) is 14.6 Å². The van der Waals surface area contributed by atoms with Crippen LogP contribution in [-0.2, 0) is 9.53 Å². The standard InChI is InChI=1S/C21H20N2O3/c1-3-26-20(24)14-11-17-15-23(18-7-5-4-6-8-18)22-21(17)16-9-12-19(25-2)13-10-16/h4-15H,3H2,1-2H3. The van der Waals surface area contributed by atoms with Gasteiger partial charge in [-0.25, -0.2) is 9.48 Å². The van der Waals surface area contributed by atoms with Crippen LogP contribution in [0.3, 0.4) is 0 Å². The van der Waals surface area contributed by atoms with Crippen LogP contribution in [0, 0.1) is 0 Å². The molecule has 0 radical (unpaired) electrons. The van der Waals surface area contributed by atoms with Crippen LogP contribution >= 0.6 is 0 Å². The number of hydrogen-bond donors (Lipinski definition) is 0. The van der Waals surface area contributed by atoms with Gasteiger partial charge in [0, 0.05) is 23.4 Å². The van der Waals surface area contributed by atoms with Gasteiger partial charge in [0.25, 0.3) is 0 Å². The number of aromatic nitrogens is 2. The summed E-state index contributed by atoms with van der Waals surface area (Å²) in [6.07, 6.45) is 5.04. The van der Waals surface area contributed by atoms with Crippen LogP contribution in [0.25, 0.3) is 23.0 Å². The van der Waals surface area contributed by atoms with Crippen molar-refractivity contribution >= 4 is 12.0 Å². The number of esters is 1. The highest BCUT2D eigenvalue weighted by Crippen LogP contribution is 2.26. The third-order valence-electron chi connectivity index (χ3n) is 3.81. The highest BCUT2D eigenvalue weighted by atomic mass is 16.5. The van der Waals surface area contributed by atoms with E-state index in [9.17, 15) is 4.79 Å². The number of hydrogen-bond acceptors (Lipinski definition) is 4. The Morgan fingerprint density at radius 1 is 1.12 bits per heavy atom. The second kappa shape index (κ2) is 8.16. The molecule has 0 saturated carbocycles. The van der Waals surface area contributed by atoms with E-state index in [-0.39, 0.29) is 5.97 Å². The van der Waals surface area contributed by atoms with E-state index in [1.807, 2.05) is 60.8 Å². The summed E-state index contributed by atoms with van der Waals surface area (Å²) >= 11 is 0. The van der Waals surface area contributed by atoms with Crippen LogP contribution in [0.1, 0.15) is 12.5 Å². The van der Waals surface area contributed by atoms with Crippen molar-refractivity contribution in [1.82, 2.24) is 9.78 Å². The average molecular weight is 348 g/mol. The zero-order chi connectivity index (χ0) is 18.4. The summed E-state index contributed by atoms with van der Waals surface area (Å²) in [7, 11) is 1.63. The van der Waals surface area contributed by atoms with Crippen molar-refractivity contribution in [3.05, 3.63) is 72.4 Å². The van der Waals surface area contributed by atoms with Crippen LogP contribution in [0.4, 0.5) is 0 Å². The topological polar surface area (TPSA) is 53.4 Å². The SMILES string of the molecule is CCOC(=O)C=Cc1cn(-c2ccccc2)nc1-c1ccc(OC)cc1. The van der Waals surface area contributed by atoms with Crippen molar-refractivity contribution in [2.75, 3.05) is 13.7 Å². The first kappa shape index (κ1) is 17.5. The molecule has 5 heteroatoms. The molecule has 0 atom stereocenters. The van der Waals surface area contributed by atoms with Gasteiger partial charge in [-0.2, -0.15) is 5.10 Å². The van der Waals surface area contributed by atoms with Crippen molar-refractivity contribution in [3.63, 3.8) is 0 Å². The predicted molar refractivity (Wildman–Crippen MR) is 101 cm³/mol. The van der Waals surface area contributed by atoms with Gasteiger partial charge in [-0.1, -0.05) is 18.2 Å². The zero-order valence-electron chi connectivity index (χ0n) is 14.8. The minimum Gasteiger partial charge on any atom is -0.497 e. The molecule has 132 valence electrons. The maximum absolute atomic E-state index is 11.7. The fraction of sp³-hybridized carbons (Fsp3) is 0.143. The lowest BCUT2D eigenvalue weighted by molar-refractivity contribution is -0.137. The first-order valence-corrected chi connectivity index (χ1v) is 8.35. The molecule has 0 fully saturated rings. The second-order valence-corrected chi connectivity index (χ2v) is 5.53. The highest BCUT2D eigenvalue weighted by molar-refractivity contribution is 5.88. The molecular weight excluding hydrogens is 328 g/mol. The maximum atomic E-state index is 11.7. The summed E-state index contributed by atoms with van der Waals surface area (Å²) < 4.78 is 12.0. The van der Waals surface area contributed by atoms with Crippen molar-refractivity contribution < 1.29 is 14.3 Å². The van der Waals surface area contributed by atoms with E-state index in [1.165, 1.54) is 6.08 Å². The summed E-state index contributed by atoms with van der Waals surface area (Å²) in [6, 6.07) is 17.5. The molecule has 1 aromatic heterocycles. The van der Waals surface area contributed by atoms with Crippen molar-refractivity contribution in [1.29, 1.82) is 0 Å². The molecule has 26 heavy (non-hydrogen) atoms. The Hall–Kier alpha value is -3.34. The van der Waals surface area contributed by atoms with Gasteiger partial charge in [-0.05, 0) is 49.4 Å². The number of carbonyl (C=O) groups excluding carboxylic acids is 1. The van der Waals surface area contributed by atoms with Crippen LogP contribution in [0.2, 0.25) is 0 Å². The average Bonchev–Trinajstić information content (AvgIpc) is 3.12. The quantitative estimate of drug-likeness (QED) is 0.497. The molecule has 0 saturated heterocycles. The van der Waals surface area contributed by atoms with Crippen LogP contribution in [0.15, 0.2) is 66.9 Å². The number of methoxy groups -OCH3 is 1. The largest absolute Gasteiger partial charge is 0.497 e. The molecule has 0 bridgehead atoms. The van der Waals surface area contributed by atoms with Gasteiger partial charge in [-0.15, -0.1) is 0 Å². The fourth-order valence-corrected chi connectivity index (χ4v) is 2.54. The first-order valence-electron chi connectivity index (χ1n) is 8.35. The van der Waals surface area contributed by atoms with Crippen molar-refractivity contribution in [2.24, 2.45) is 0 Å². The molecule has 1 heterocycles. The molecular formula is C21H20N2O3. The van der Waals surface area contributed by atoms with E-state index in [2.05, 4.69) is 0 Å². The Morgan fingerprint density at radius 2 is 1.85 bits per heavy atom. The Labute approximate surface area is 152 Å². The molecule has 5 nitrogen and oxygen atoms in total. The van der Waals surface area contributed by atoms with Crippen molar-refractivity contribution in [3.8, 4) is 22.7 Å². The Kier molecular flexibility index (Phi) is 5.49. The van der Waals surface area contributed by atoms with Crippen molar-refractivity contribution in [2.45, 2.75) is 6.92 Å². The number of carbonyl (C=O) groups is 1. The lowest BCUT2D eigenvalue weighted by atomic mass is 10.1. The van der Waals surface area contributed by atoms with Gasteiger partial charge >= 0.3 is 5.97 Å². The molecule has 0 N–H and O–H groups in total. The predicted octanol–water partition coefficient (Wildman–Crippen LogP) is 4.12. The normalized spacial score (nSPS) is 10.8. The monoisotopic (exact) mass is 348 g/mol. The van der Waals surface area contributed by atoms with E-state index < -0.39 is 0 Å².